The Kier molecular flexibility index (Phi) is 2.64. The first-order valence-corrected chi connectivity index (χ1v) is 5.04. The van der Waals surface area contributed by atoms with Gasteiger partial charge in [-0.1, -0.05) is 17.7 Å². The van der Waals surface area contributed by atoms with Crippen LogP contribution in [-0.2, 0) is 0 Å². The van der Waals surface area contributed by atoms with Gasteiger partial charge in [0, 0.05) is 15.9 Å². The van der Waals surface area contributed by atoms with Gasteiger partial charge in [0.2, 0.25) is 0 Å². The second-order valence-electron chi connectivity index (χ2n) is 3.42. The molecular weight excluding hydrogens is 244 g/mol. The number of fused-ring (bicyclic) bond motifs is 1. The molecule has 0 atom stereocenters. The highest BCUT2D eigenvalue weighted by atomic mass is 35.5. The number of carbonyl (C=O) groups is 2. The van der Waals surface area contributed by atoms with E-state index in [0.29, 0.717) is 15.9 Å². The maximum atomic E-state index is 11.3. The molecule has 2 aromatic rings. The van der Waals surface area contributed by atoms with Gasteiger partial charge in [-0.15, -0.1) is 0 Å². The monoisotopic (exact) mass is 252 g/mol. The van der Waals surface area contributed by atoms with Crippen molar-refractivity contribution in [3.63, 3.8) is 0 Å². The maximum Gasteiger partial charge on any atom is 0.317 e. The Balaban J connectivity index is 2.70. The predicted octanol–water partition coefficient (Wildman–Crippen LogP) is 1.41. The van der Waals surface area contributed by atoms with Gasteiger partial charge < -0.3 is 16.5 Å². The van der Waals surface area contributed by atoms with Crippen LogP contribution in [0.5, 0.6) is 0 Å². The fourth-order valence-electron chi connectivity index (χ4n) is 1.64. The molecular formula is C10H9ClN4O2. The summed E-state index contributed by atoms with van der Waals surface area (Å²) in [6, 6.07) is 4.10. The zero-order chi connectivity index (χ0) is 12.6. The van der Waals surface area contributed by atoms with Gasteiger partial charge in [-0.05, 0) is 12.1 Å². The fourth-order valence-corrected chi connectivity index (χ4v) is 1.81. The molecule has 0 spiro atoms. The normalized spacial score (nSPS) is 10.4. The summed E-state index contributed by atoms with van der Waals surface area (Å²) < 4.78 is 0. The van der Waals surface area contributed by atoms with Crippen molar-refractivity contribution < 1.29 is 9.59 Å². The molecule has 0 saturated carbocycles. The predicted molar refractivity (Wildman–Crippen MR) is 65.0 cm³/mol. The molecule has 17 heavy (non-hydrogen) atoms. The average molecular weight is 253 g/mol. The Hall–Kier alpha value is -2.21. The van der Waals surface area contributed by atoms with E-state index in [4.69, 9.17) is 23.1 Å². The Labute approximate surface area is 101 Å². The molecule has 1 heterocycles. The van der Waals surface area contributed by atoms with E-state index >= 15 is 0 Å². The zero-order valence-electron chi connectivity index (χ0n) is 8.58. The van der Waals surface area contributed by atoms with Crippen molar-refractivity contribution in [3.8, 4) is 0 Å². The first-order chi connectivity index (χ1) is 7.99. The van der Waals surface area contributed by atoms with E-state index in [2.05, 4.69) is 10.3 Å². The Morgan fingerprint density at radius 2 is 2.00 bits per heavy atom. The first kappa shape index (κ1) is 11.3. The molecule has 7 heteroatoms. The summed E-state index contributed by atoms with van der Waals surface area (Å²) >= 11 is 5.82. The molecule has 3 amide bonds. The lowest BCUT2D eigenvalue weighted by molar-refractivity contribution is 0.100. The summed E-state index contributed by atoms with van der Waals surface area (Å²) in [6.07, 6.45) is 0. The van der Waals surface area contributed by atoms with E-state index < -0.39 is 11.9 Å². The number of nitrogens with two attached hydrogens (primary N) is 2. The van der Waals surface area contributed by atoms with Crippen molar-refractivity contribution in [1.82, 2.24) is 4.98 Å². The van der Waals surface area contributed by atoms with E-state index in [9.17, 15) is 9.59 Å². The molecule has 0 aliphatic heterocycles. The highest BCUT2D eigenvalue weighted by molar-refractivity contribution is 6.31. The fraction of sp³-hybridized carbons (Fsp3) is 0. The Bertz CT molecular complexity index is 620. The number of hydrogen-bond acceptors (Lipinski definition) is 2. The number of rotatable bonds is 2. The number of nitrogens with one attached hydrogen (secondary N) is 2. The number of aromatic nitrogens is 1. The van der Waals surface area contributed by atoms with Gasteiger partial charge in [0.1, 0.15) is 5.82 Å². The summed E-state index contributed by atoms with van der Waals surface area (Å²) in [6.45, 7) is 0. The molecule has 2 rings (SSSR count). The SMILES string of the molecule is NC(=O)Nc1[nH]c2cc(Cl)ccc2c1C(N)=O. The number of hydrogen-bond donors (Lipinski definition) is 4. The van der Waals surface area contributed by atoms with Gasteiger partial charge in [-0.25, -0.2) is 4.79 Å². The van der Waals surface area contributed by atoms with Crippen LogP contribution >= 0.6 is 11.6 Å². The molecule has 0 saturated heterocycles. The second kappa shape index (κ2) is 3.99. The van der Waals surface area contributed by atoms with Crippen molar-refractivity contribution in [2.24, 2.45) is 11.5 Å². The number of urea groups is 1. The number of primary amides is 2. The summed E-state index contributed by atoms with van der Waals surface area (Å²) in [7, 11) is 0. The summed E-state index contributed by atoms with van der Waals surface area (Å²) in [4.78, 5) is 25.0. The molecule has 0 aliphatic carbocycles. The quantitative estimate of drug-likeness (QED) is 0.647. The van der Waals surface area contributed by atoms with Crippen LogP contribution in [0.4, 0.5) is 10.6 Å². The second-order valence-corrected chi connectivity index (χ2v) is 3.85. The molecule has 0 unspecified atom stereocenters. The minimum Gasteiger partial charge on any atom is -0.365 e. The molecule has 0 bridgehead atoms. The van der Waals surface area contributed by atoms with Gasteiger partial charge in [-0.3, -0.25) is 10.1 Å². The summed E-state index contributed by atoms with van der Waals surface area (Å²) in [5, 5.41) is 3.38. The van der Waals surface area contributed by atoms with Crippen LogP contribution in [0.2, 0.25) is 5.02 Å². The van der Waals surface area contributed by atoms with Gasteiger partial charge in [-0.2, -0.15) is 0 Å². The van der Waals surface area contributed by atoms with Crippen LogP contribution in [0.1, 0.15) is 10.4 Å². The number of anilines is 1. The number of carbonyl (C=O) groups excluding carboxylic acids is 2. The lowest BCUT2D eigenvalue weighted by Crippen LogP contribution is -2.22. The lowest BCUT2D eigenvalue weighted by atomic mass is 10.1. The third-order valence-corrected chi connectivity index (χ3v) is 2.49. The van der Waals surface area contributed by atoms with Gasteiger partial charge in [0.15, 0.2) is 0 Å². The number of benzene rings is 1. The average Bonchev–Trinajstić information content (AvgIpc) is 2.53. The van der Waals surface area contributed by atoms with Crippen LogP contribution in [0.15, 0.2) is 18.2 Å². The number of amides is 3. The Morgan fingerprint density at radius 1 is 1.29 bits per heavy atom. The lowest BCUT2D eigenvalue weighted by Gasteiger charge is -2.00. The van der Waals surface area contributed by atoms with E-state index in [1.54, 1.807) is 18.2 Å². The maximum absolute atomic E-state index is 11.3. The standard InChI is InChI=1S/C10H9ClN4O2/c11-4-1-2-5-6(3-4)14-9(15-10(13)17)7(5)8(12)16/h1-3,14H,(H2,12,16)(H3,13,15,17). The first-order valence-electron chi connectivity index (χ1n) is 4.66. The minimum absolute atomic E-state index is 0.169. The van der Waals surface area contributed by atoms with Crippen LogP contribution in [0.3, 0.4) is 0 Å². The van der Waals surface area contributed by atoms with E-state index in [1.165, 1.54) is 0 Å². The highest BCUT2D eigenvalue weighted by Gasteiger charge is 2.17. The summed E-state index contributed by atoms with van der Waals surface area (Å²) in [5.41, 5.74) is 11.0. The van der Waals surface area contributed by atoms with Crippen molar-refractivity contribution in [1.29, 1.82) is 0 Å². The molecule has 1 aromatic heterocycles. The van der Waals surface area contributed by atoms with Gasteiger partial charge in [0.05, 0.1) is 5.56 Å². The molecule has 88 valence electrons. The van der Waals surface area contributed by atoms with E-state index in [1.807, 2.05) is 0 Å². The number of halogens is 1. The molecule has 1 aromatic carbocycles. The van der Waals surface area contributed by atoms with Gasteiger partial charge in [0.25, 0.3) is 5.91 Å². The third-order valence-electron chi connectivity index (χ3n) is 2.26. The largest absolute Gasteiger partial charge is 0.365 e. The van der Waals surface area contributed by atoms with E-state index in [0.717, 1.165) is 0 Å². The zero-order valence-corrected chi connectivity index (χ0v) is 9.34. The van der Waals surface area contributed by atoms with Crippen molar-refractivity contribution in [2.75, 3.05) is 5.32 Å². The Morgan fingerprint density at radius 3 is 2.59 bits per heavy atom. The topological polar surface area (TPSA) is 114 Å². The molecule has 0 aliphatic rings. The highest BCUT2D eigenvalue weighted by Crippen LogP contribution is 2.27. The van der Waals surface area contributed by atoms with Crippen LogP contribution in [0, 0.1) is 0 Å². The van der Waals surface area contributed by atoms with Crippen LogP contribution < -0.4 is 16.8 Å². The van der Waals surface area contributed by atoms with Gasteiger partial charge >= 0.3 is 6.03 Å². The molecule has 0 radical (unpaired) electrons. The van der Waals surface area contributed by atoms with Crippen molar-refractivity contribution in [2.45, 2.75) is 0 Å². The third kappa shape index (κ3) is 2.02. The minimum atomic E-state index is -0.787. The van der Waals surface area contributed by atoms with Crippen LogP contribution in [0.25, 0.3) is 10.9 Å². The molecule has 0 fully saturated rings. The number of H-pyrrole nitrogens is 1. The van der Waals surface area contributed by atoms with E-state index in [-0.39, 0.29) is 11.4 Å². The van der Waals surface area contributed by atoms with Crippen LogP contribution in [-0.4, -0.2) is 16.9 Å². The van der Waals surface area contributed by atoms with Crippen molar-refractivity contribution in [3.05, 3.63) is 28.8 Å². The van der Waals surface area contributed by atoms with Crippen molar-refractivity contribution >= 4 is 40.3 Å². The summed E-state index contributed by atoms with van der Waals surface area (Å²) in [5.74, 6) is -0.496. The molecule has 6 nitrogen and oxygen atoms in total. The molecule has 6 N–H and O–H groups in total. The number of aromatic amines is 1. The smallest absolute Gasteiger partial charge is 0.317 e.